The molecule has 2 aromatic rings. The van der Waals surface area contributed by atoms with Crippen molar-refractivity contribution < 1.29 is 14.2 Å². The molecule has 0 aromatic heterocycles. The molecule has 0 fully saturated rings. The molecule has 0 saturated heterocycles. The van der Waals surface area contributed by atoms with Crippen LogP contribution in [0.5, 0.6) is 0 Å². The molecule has 2 aromatic carbocycles. The Morgan fingerprint density at radius 3 is 1.97 bits per heavy atom. The molecule has 4 rings (SSSR count). The Morgan fingerprint density at radius 2 is 1.31 bits per heavy atom. The van der Waals surface area contributed by atoms with Gasteiger partial charge < -0.3 is 14.2 Å². The molecule has 4 atom stereocenters. The summed E-state index contributed by atoms with van der Waals surface area (Å²) in [5.74, 6) is 1.53. The van der Waals surface area contributed by atoms with Crippen molar-refractivity contribution in [1.82, 2.24) is 0 Å². The largest absolute Gasteiger partial charge is 0.377 e. The Hall–Kier alpha value is -1.68. The van der Waals surface area contributed by atoms with Crippen LogP contribution < -0.4 is 0 Å². The number of fused-ring (bicyclic) bond motifs is 2. The smallest absolute Gasteiger partial charge is 0.0704 e. The highest BCUT2D eigenvalue weighted by Crippen LogP contribution is 2.40. The first-order valence-electron chi connectivity index (χ1n) is 11.1. The number of benzene rings is 2. The zero-order chi connectivity index (χ0) is 20.2. The van der Waals surface area contributed by atoms with Gasteiger partial charge in [0, 0.05) is 11.8 Å². The van der Waals surface area contributed by atoms with E-state index in [4.69, 9.17) is 14.2 Å². The summed E-state index contributed by atoms with van der Waals surface area (Å²) in [5, 5.41) is 0. The third-order valence-corrected chi connectivity index (χ3v) is 6.60. The van der Waals surface area contributed by atoms with Gasteiger partial charge in [0.1, 0.15) is 0 Å². The fourth-order valence-electron chi connectivity index (χ4n) is 5.12. The molecule has 0 unspecified atom stereocenters. The van der Waals surface area contributed by atoms with E-state index in [0.717, 1.165) is 12.8 Å². The van der Waals surface area contributed by atoms with Gasteiger partial charge in [0.25, 0.3) is 0 Å². The van der Waals surface area contributed by atoms with Crippen LogP contribution in [0.3, 0.4) is 0 Å². The lowest BCUT2D eigenvalue weighted by Gasteiger charge is -2.24. The Bertz CT molecular complexity index is 800. The number of rotatable bonds is 9. The highest BCUT2D eigenvalue weighted by Gasteiger charge is 2.34. The number of hydrogen-bond donors (Lipinski definition) is 0. The van der Waals surface area contributed by atoms with Crippen LogP contribution in [0.25, 0.3) is 0 Å². The fraction of sp³-hybridized carbons (Fsp3) is 0.538. The van der Waals surface area contributed by atoms with Crippen LogP contribution in [0.1, 0.15) is 54.9 Å². The van der Waals surface area contributed by atoms with Crippen LogP contribution in [0.4, 0.5) is 0 Å². The van der Waals surface area contributed by atoms with E-state index in [2.05, 4.69) is 69.3 Å². The summed E-state index contributed by atoms with van der Waals surface area (Å²) >= 11 is 0. The normalized spacial score (nSPS) is 25.4. The standard InChI is InChI=1S/C26H34O3/c1-18(2)26-23-11-7-5-9-21(23)17-25(26)29-15-13-27-12-14-28-24-16-20-8-4-6-10-22(20)19(24)3/h4-11,18-19,24-26H,12-17H2,1-3H3/t19-,24+,25+,26-/m0/s1. The van der Waals surface area contributed by atoms with Gasteiger partial charge in [-0.1, -0.05) is 69.3 Å². The molecule has 3 heteroatoms. The molecule has 0 aliphatic heterocycles. The molecule has 0 heterocycles. The quantitative estimate of drug-likeness (QED) is 0.552. The molecular formula is C26H34O3. The highest BCUT2D eigenvalue weighted by atomic mass is 16.5. The van der Waals surface area contributed by atoms with Crippen LogP contribution in [0, 0.1) is 5.92 Å². The third-order valence-electron chi connectivity index (χ3n) is 6.60. The van der Waals surface area contributed by atoms with E-state index in [1.54, 1.807) is 0 Å². The van der Waals surface area contributed by atoms with Gasteiger partial charge in [-0.3, -0.25) is 0 Å². The van der Waals surface area contributed by atoms with Crippen molar-refractivity contribution in [1.29, 1.82) is 0 Å². The number of hydrogen-bond acceptors (Lipinski definition) is 3. The average Bonchev–Trinajstić information content (AvgIpc) is 3.25. The Kier molecular flexibility index (Phi) is 6.69. The van der Waals surface area contributed by atoms with Crippen LogP contribution in [0.15, 0.2) is 48.5 Å². The Morgan fingerprint density at radius 1 is 0.759 bits per heavy atom. The lowest BCUT2D eigenvalue weighted by molar-refractivity contribution is -0.0328. The maximum absolute atomic E-state index is 6.23. The summed E-state index contributed by atoms with van der Waals surface area (Å²) in [6.07, 6.45) is 2.57. The highest BCUT2D eigenvalue weighted by molar-refractivity contribution is 5.37. The fourth-order valence-corrected chi connectivity index (χ4v) is 5.12. The van der Waals surface area contributed by atoms with E-state index >= 15 is 0 Å². The first kappa shape index (κ1) is 20.6. The zero-order valence-electron chi connectivity index (χ0n) is 18.0. The topological polar surface area (TPSA) is 27.7 Å². The van der Waals surface area contributed by atoms with Gasteiger partial charge >= 0.3 is 0 Å². The van der Waals surface area contributed by atoms with Crippen LogP contribution >= 0.6 is 0 Å². The second kappa shape index (κ2) is 9.42. The van der Waals surface area contributed by atoms with Gasteiger partial charge in [0.05, 0.1) is 38.6 Å². The van der Waals surface area contributed by atoms with Crippen LogP contribution in [-0.4, -0.2) is 38.6 Å². The van der Waals surface area contributed by atoms with Gasteiger partial charge in [0.2, 0.25) is 0 Å². The van der Waals surface area contributed by atoms with Gasteiger partial charge in [0.15, 0.2) is 0 Å². The molecule has 0 amide bonds. The van der Waals surface area contributed by atoms with Crippen molar-refractivity contribution in [2.24, 2.45) is 5.92 Å². The van der Waals surface area contributed by atoms with Crippen molar-refractivity contribution >= 4 is 0 Å². The first-order valence-corrected chi connectivity index (χ1v) is 11.1. The van der Waals surface area contributed by atoms with Crippen LogP contribution in [-0.2, 0) is 27.1 Å². The van der Waals surface area contributed by atoms with Gasteiger partial charge in [-0.25, -0.2) is 0 Å². The minimum absolute atomic E-state index is 0.269. The maximum Gasteiger partial charge on any atom is 0.0704 e. The molecule has 0 N–H and O–H groups in total. The van der Waals surface area contributed by atoms with Crippen molar-refractivity contribution in [2.45, 2.75) is 57.7 Å². The molecule has 0 radical (unpaired) electrons. The average molecular weight is 395 g/mol. The molecule has 29 heavy (non-hydrogen) atoms. The number of ether oxygens (including phenoxy) is 3. The van der Waals surface area contributed by atoms with E-state index in [9.17, 15) is 0 Å². The Balaban J connectivity index is 1.14. The monoisotopic (exact) mass is 394 g/mol. The molecule has 2 aliphatic rings. The van der Waals surface area contributed by atoms with E-state index in [-0.39, 0.29) is 12.2 Å². The summed E-state index contributed by atoms with van der Waals surface area (Å²) in [5.41, 5.74) is 5.77. The second-order valence-electron chi connectivity index (χ2n) is 8.80. The van der Waals surface area contributed by atoms with Crippen LogP contribution in [0.2, 0.25) is 0 Å². The molecular weight excluding hydrogens is 360 g/mol. The molecule has 0 bridgehead atoms. The predicted molar refractivity (Wildman–Crippen MR) is 117 cm³/mol. The first-order chi connectivity index (χ1) is 14.1. The van der Waals surface area contributed by atoms with Crippen molar-refractivity contribution in [2.75, 3.05) is 26.4 Å². The molecule has 156 valence electrons. The minimum Gasteiger partial charge on any atom is -0.377 e. The summed E-state index contributed by atoms with van der Waals surface area (Å²) in [7, 11) is 0. The summed E-state index contributed by atoms with van der Waals surface area (Å²) in [6, 6.07) is 17.5. The van der Waals surface area contributed by atoms with Gasteiger partial charge in [-0.2, -0.15) is 0 Å². The third kappa shape index (κ3) is 4.58. The van der Waals surface area contributed by atoms with E-state index in [1.807, 2.05) is 0 Å². The molecule has 0 spiro atoms. The lowest BCUT2D eigenvalue weighted by Crippen LogP contribution is -2.25. The summed E-state index contributed by atoms with van der Waals surface area (Å²) in [6.45, 7) is 9.39. The summed E-state index contributed by atoms with van der Waals surface area (Å²) in [4.78, 5) is 0. The Labute approximate surface area is 175 Å². The van der Waals surface area contributed by atoms with Crippen molar-refractivity contribution in [3.63, 3.8) is 0 Å². The second-order valence-corrected chi connectivity index (χ2v) is 8.80. The molecule has 2 aliphatic carbocycles. The van der Waals surface area contributed by atoms with Crippen molar-refractivity contribution in [3.05, 3.63) is 70.8 Å². The SMILES string of the molecule is CC(C)[C@H]1c2ccccc2C[C@H]1OCCOCCO[C@@H]1Cc2ccccc2[C@@H]1C. The van der Waals surface area contributed by atoms with Crippen molar-refractivity contribution in [3.8, 4) is 0 Å². The van der Waals surface area contributed by atoms with E-state index in [0.29, 0.717) is 44.2 Å². The van der Waals surface area contributed by atoms with E-state index in [1.165, 1.54) is 22.3 Å². The minimum atomic E-state index is 0.269. The maximum atomic E-state index is 6.23. The molecule has 0 saturated carbocycles. The zero-order valence-corrected chi connectivity index (χ0v) is 18.0. The van der Waals surface area contributed by atoms with Gasteiger partial charge in [-0.05, 0) is 41.0 Å². The van der Waals surface area contributed by atoms with Gasteiger partial charge in [-0.15, -0.1) is 0 Å². The summed E-state index contributed by atoms with van der Waals surface area (Å²) < 4.78 is 18.1. The van der Waals surface area contributed by atoms with E-state index < -0.39 is 0 Å². The lowest BCUT2D eigenvalue weighted by atomic mass is 9.88. The molecule has 3 nitrogen and oxygen atoms in total. The predicted octanol–water partition coefficient (Wildman–Crippen LogP) is 5.13.